The molecule has 0 aliphatic carbocycles. The van der Waals surface area contributed by atoms with Crippen molar-refractivity contribution >= 4 is 5.78 Å². The van der Waals surface area contributed by atoms with E-state index >= 15 is 0 Å². The van der Waals surface area contributed by atoms with E-state index in [1.807, 2.05) is 6.92 Å². The van der Waals surface area contributed by atoms with Crippen molar-refractivity contribution in [1.82, 2.24) is 0 Å². The number of ketones is 1. The SMILES string of the molecule is C=CCCC(=O)C1CCOC1C. The third-order valence-electron chi connectivity index (χ3n) is 2.38. The third-order valence-corrected chi connectivity index (χ3v) is 2.38. The van der Waals surface area contributed by atoms with E-state index < -0.39 is 0 Å². The minimum Gasteiger partial charge on any atom is -0.378 e. The first-order valence-electron chi connectivity index (χ1n) is 4.51. The van der Waals surface area contributed by atoms with Crippen molar-refractivity contribution in [3.8, 4) is 0 Å². The van der Waals surface area contributed by atoms with Crippen molar-refractivity contribution in [2.24, 2.45) is 5.92 Å². The Balaban J connectivity index is 2.35. The van der Waals surface area contributed by atoms with Gasteiger partial charge in [0.05, 0.1) is 6.10 Å². The fourth-order valence-electron chi connectivity index (χ4n) is 1.58. The van der Waals surface area contributed by atoms with E-state index in [1.165, 1.54) is 0 Å². The number of allylic oxidation sites excluding steroid dienone is 1. The van der Waals surface area contributed by atoms with Gasteiger partial charge >= 0.3 is 0 Å². The summed E-state index contributed by atoms with van der Waals surface area (Å²) >= 11 is 0. The van der Waals surface area contributed by atoms with Crippen molar-refractivity contribution in [3.05, 3.63) is 12.7 Å². The molecule has 0 radical (unpaired) electrons. The second-order valence-electron chi connectivity index (χ2n) is 3.26. The topological polar surface area (TPSA) is 26.3 Å². The molecule has 2 heteroatoms. The van der Waals surface area contributed by atoms with Gasteiger partial charge in [0.15, 0.2) is 0 Å². The van der Waals surface area contributed by atoms with E-state index in [2.05, 4.69) is 6.58 Å². The quantitative estimate of drug-likeness (QED) is 0.600. The highest BCUT2D eigenvalue weighted by molar-refractivity contribution is 5.81. The lowest BCUT2D eigenvalue weighted by atomic mass is 9.94. The smallest absolute Gasteiger partial charge is 0.138 e. The maximum Gasteiger partial charge on any atom is 0.138 e. The van der Waals surface area contributed by atoms with Crippen LogP contribution in [0.5, 0.6) is 0 Å². The van der Waals surface area contributed by atoms with E-state index in [1.54, 1.807) is 6.08 Å². The van der Waals surface area contributed by atoms with Gasteiger partial charge in [0.2, 0.25) is 0 Å². The normalized spacial score (nSPS) is 28.8. The van der Waals surface area contributed by atoms with Gasteiger partial charge in [-0.25, -0.2) is 0 Å². The fraction of sp³-hybridized carbons (Fsp3) is 0.700. The van der Waals surface area contributed by atoms with Crippen LogP contribution in [0.25, 0.3) is 0 Å². The first kappa shape index (κ1) is 9.46. The number of hydrogen-bond acceptors (Lipinski definition) is 2. The number of ether oxygens (including phenoxy) is 1. The Morgan fingerprint density at radius 3 is 3.00 bits per heavy atom. The molecule has 1 saturated heterocycles. The van der Waals surface area contributed by atoms with Crippen LogP contribution >= 0.6 is 0 Å². The Kier molecular flexibility index (Phi) is 3.48. The molecule has 1 aliphatic rings. The van der Waals surface area contributed by atoms with Crippen LogP contribution in [0, 0.1) is 5.92 Å². The van der Waals surface area contributed by atoms with Crippen LogP contribution in [-0.2, 0) is 9.53 Å². The first-order valence-corrected chi connectivity index (χ1v) is 4.51. The number of rotatable bonds is 4. The predicted molar refractivity (Wildman–Crippen MR) is 48.0 cm³/mol. The highest BCUT2D eigenvalue weighted by atomic mass is 16.5. The Morgan fingerprint density at radius 2 is 2.50 bits per heavy atom. The van der Waals surface area contributed by atoms with Crippen molar-refractivity contribution in [3.63, 3.8) is 0 Å². The summed E-state index contributed by atoms with van der Waals surface area (Å²) in [6, 6.07) is 0. The molecule has 0 amide bonds. The molecule has 1 aliphatic heterocycles. The summed E-state index contributed by atoms with van der Waals surface area (Å²) in [5.41, 5.74) is 0. The molecule has 2 nitrogen and oxygen atoms in total. The van der Waals surface area contributed by atoms with Crippen LogP contribution in [-0.4, -0.2) is 18.5 Å². The minimum absolute atomic E-state index is 0.127. The van der Waals surface area contributed by atoms with Gasteiger partial charge < -0.3 is 4.74 Å². The largest absolute Gasteiger partial charge is 0.378 e. The molecule has 0 aromatic rings. The lowest BCUT2D eigenvalue weighted by Gasteiger charge is -2.11. The van der Waals surface area contributed by atoms with Crippen LogP contribution in [0.3, 0.4) is 0 Å². The Bertz CT molecular complexity index is 175. The summed E-state index contributed by atoms with van der Waals surface area (Å²) in [4.78, 5) is 11.5. The van der Waals surface area contributed by atoms with Gasteiger partial charge in [-0.3, -0.25) is 4.79 Å². The zero-order valence-corrected chi connectivity index (χ0v) is 7.58. The lowest BCUT2D eigenvalue weighted by molar-refractivity contribution is -0.124. The van der Waals surface area contributed by atoms with Gasteiger partial charge in [0.1, 0.15) is 5.78 Å². The van der Waals surface area contributed by atoms with Gasteiger partial charge in [-0.2, -0.15) is 0 Å². The summed E-state index contributed by atoms with van der Waals surface area (Å²) in [6.45, 7) is 6.31. The zero-order valence-electron chi connectivity index (χ0n) is 7.58. The molecule has 68 valence electrons. The highest BCUT2D eigenvalue weighted by Crippen LogP contribution is 2.22. The van der Waals surface area contributed by atoms with Crippen molar-refractivity contribution < 1.29 is 9.53 Å². The predicted octanol–water partition coefficient (Wildman–Crippen LogP) is 1.95. The van der Waals surface area contributed by atoms with E-state index in [-0.39, 0.29) is 12.0 Å². The molecule has 1 rings (SSSR count). The van der Waals surface area contributed by atoms with Gasteiger partial charge in [-0.1, -0.05) is 6.08 Å². The Labute approximate surface area is 73.6 Å². The summed E-state index contributed by atoms with van der Waals surface area (Å²) in [5.74, 6) is 0.477. The molecule has 0 spiro atoms. The van der Waals surface area contributed by atoms with Crippen molar-refractivity contribution in [2.45, 2.75) is 32.3 Å². The second-order valence-corrected chi connectivity index (χ2v) is 3.26. The van der Waals surface area contributed by atoms with E-state index in [0.717, 1.165) is 19.4 Å². The summed E-state index contributed by atoms with van der Waals surface area (Å²) in [6.07, 6.45) is 4.24. The fourth-order valence-corrected chi connectivity index (χ4v) is 1.58. The highest BCUT2D eigenvalue weighted by Gasteiger charge is 2.29. The lowest BCUT2D eigenvalue weighted by Crippen LogP contribution is -2.21. The van der Waals surface area contributed by atoms with Gasteiger partial charge in [0, 0.05) is 18.9 Å². The van der Waals surface area contributed by atoms with E-state index in [0.29, 0.717) is 12.2 Å². The number of Topliss-reactive ketones (excluding diaryl/α,β-unsaturated/α-hetero) is 1. The van der Waals surface area contributed by atoms with Crippen molar-refractivity contribution in [1.29, 1.82) is 0 Å². The van der Waals surface area contributed by atoms with E-state index in [9.17, 15) is 4.79 Å². The monoisotopic (exact) mass is 168 g/mol. The standard InChI is InChI=1S/C10H16O2/c1-3-4-5-10(11)9-6-7-12-8(9)2/h3,8-9H,1,4-7H2,2H3. The molecule has 0 aromatic heterocycles. The molecule has 0 N–H and O–H groups in total. The van der Waals surface area contributed by atoms with Crippen LogP contribution in [0.1, 0.15) is 26.2 Å². The van der Waals surface area contributed by atoms with Gasteiger partial charge in [-0.05, 0) is 19.8 Å². The molecule has 2 atom stereocenters. The molecule has 1 heterocycles. The van der Waals surface area contributed by atoms with Gasteiger partial charge in [0.25, 0.3) is 0 Å². The molecule has 0 saturated carbocycles. The van der Waals surface area contributed by atoms with Crippen LogP contribution in [0.15, 0.2) is 12.7 Å². The molecule has 1 fully saturated rings. The maximum atomic E-state index is 11.5. The van der Waals surface area contributed by atoms with Crippen LogP contribution in [0.2, 0.25) is 0 Å². The second kappa shape index (κ2) is 4.41. The van der Waals surface area contributed by atoms with E-state index in [4.69, 9.17) is 4.74 Å². The molecule has 0 bridgehead atoms. The summed E-state index contributed by atoms with van der Waals surface area (Å²) in [7, 11) is 0. The number of carbonyl (C=O) groups excluding carboxylic acids is 1. The third kappa shape index (κ3) is 2.18. The average Bonchev–Trinajstić information content (AvgIpc) is 2.47. The van der Waals surface area contributed by atoms with Crippen molar-refractivity contribution in [2.75, 3.05) is 6.61 Å². The van der Waals surface area contributed by atoms with Crippen LogP contribution in [0.4, 0.5) is 0 Å². The molecular weight excluding hydrogens is 152 g/mol. The zero-order chi connectivity index (χ0) is 8.97. The number of hydrogen-bond donors (Lipinski definition) is 0. The summed E-state index contributed by atoms with van der Waals surface area (Å²) < 4.78 is 5.32. The average molecular weight is 168 g/mol. The maximum absolute atomic E-state index is 11.5. The number of carbonyl (C=O) groups is 1. The van der Waals surface area contributed by atoms with Crippen LogP contribution < -0.4 is 0 Å². The Hall–Kier alpha value is -0.630. The first-order chi connectivity index (χ1) is 5.75. The van der Waals surface area contributed by atoms with Gasteiger partial charge in [-0.15, -0.1) is 6.58 Å². The summed E-state index contributed by atoms with van der Waals surface area (Å²) in [5, 5.41) is 0. The Morgan fingerprint density at radius 1 is 1.75 bits per heavy atom. The molecular formula is C10H16O2. The molecule has 12 heavy (non-hydrogen) atoms. The molecule has 2 unspecified atom stereocenters. The molecule has 0 aromatic carbocycles. The minimum atomic E-state index is 0.127.